The van der Waals surface area contributed by atoms with Crippen LogP contribution in [0.1, 0.15) is 65.3 Å². The van der Waals surface area contributed by atoms with E-state index in [1.807, 2.05) is 11.8 Å². The molecule has 3 nitrogen and oxygen atoms in total. The van der Waals surface area contributed by atoms with Gasteiger partial charge in [-0.15, -0.1) is 11.8 Å². The molecule has 1 saturated heterocycles. The van der Waals surface area contributed by atoms with Gasteiger partial charge < -0.3 is 9.80 Å². The Hall–Kier alpha value is -1.16. The Kier molecular flexibility index (Phi) is 7.45. The summed E-state index contributed by atoms with van der Waals surface area (Å²) in [4.78, 5) is 17.3. The molecule has 26 heavy (non-hydrogen) atoms. The molecule has 4 heteroatoms. The minimum Gasteiger partial charge on any atom is -0.372 e. The first-order chi connectivity index (χ1) is 12.2. The Balaban J connectivity index is 2.04. The zero-order chi connectivity index (χ0) is 19.3. The minimum atomic E-state index is 0.176. The molecule has 1 amide bonds. The van der Waals surface area contributed by atoms with Gasteiger partial charge in [0.1, 0.15) is 5.37 Å². The molecule has 1 fully saturated rings. The minimum absolute atomic E-state index is 0.176. The van der Waals surface area contributed by atoms with E-state index in [1.165, 1.54) is 11.3 Å². The van der Waals surface area contributed by atoms with E-state index < -0.39 is 0 Å². The summed E-state index contributed by atoms with van der Waals surface area (Å²) in [6, 6.07) is 8.81. The molecule has 146 valence electrons. The second-order valence-electron chi connectivity index (χ2n) is 8.65. The second-order valence-corrected chi connectivity index (χ2v) is 9.84. The lowest BCUT2D eigenvalue weighted by Crippen LogP contribution is -2.32. The van der Waals surface area contributed by atoms with Crippen LogP contribution in [0.4, 0.5) is 5.69 Å². The van der Waals surface area contributed by atoms with E-state index in [-0.39, 0.29) is 10.8 Å². The van der Waals surface area contributed by atoms with Crippen molar-refractivity contribution in [3.05, 3.63) is 29.8 Å². The Morgan fingerprint density at radius 2 is 1.85 bits per heavy atom. The van der Waals surface area contributed by atoms with Gasteiger partial charge >= 0.3 is 0 Å². The van der Waals surface area contributed by atoms with Gasteiger partial charge in [-0.3, -0.25) is 4.79 Å². The molecular formula is C22H36N2OS. The first-order valence-corrected chi connectivity index (χ1v) is 11.1. The lowest BCUT2D eigenvalue weighted by Gasteiger charge is -2.28. The summed E-state index contributed by atoms with van der Waals surface area (Å²) in [6.07, 6.45) is 1.74. The van der Waals surface area contributed by atoms with Crippen LogP contribution in [0.15, 0.2) is 24.3 Å². The number of benzene rings is 1. The van der Waals surface area contributed by atoms with Crippen LogP contribution in [0.2, 0.25) is 0 Å². The first-order valence-electron chi connectivity index (χ1n) is 10.0. The smallest absolute Gasteiger partial charge is 0.224 e. The summed E-state index contributed by atoms with van der Waals surface area (Å²) < 4.78 is 0. The zero-order valence-corrected chi connectivity index (χ0v) is 18.2. The van der Waals surface area contributed by atoms with Crippen molar-refractivity contribution < 1.29 is 4.79 Å². The van der Waals surface area contributed by atoms with Crippen molar-refractivity contribution in [2.75, 3.05) is 30.3 Å². The zero-order valence-electron chi connectivity index (χ0n) is 17.4. The maximum atomic E-state index is 12.9. The summed E-state index contributed by atoms with van der Waals surface area (Å²) in [7, 11) is 0. The molecule has 0 spiro atoms. The molecule has 1 aromatic carbocycles. The normalized spacial score (nSPS) is 18.8. The molecule has 0 N–H and O–H groups in total. The molecule has 1 aliphatic rings. The molecule has 2 atom stereocenters. The van der Waals surface area contributed by atoms with Gasteiger partial charge in [0.05, 0.1) is 0 Å². The molecule has 1 heterocycles. The average Bonchev–Trinajstić information content (AvgIpc) is 3.04. The highest BCUT2D eigenvalue weighted by atomic mass is 32.2. The average molecular weight is 377 g/mol. The van der Waals surface area contributed by atoms with Crippen LogP contribution in [0, 0.1) is 11.3 Å². The number of anilines is 1. The van der Waals surface area contributed by atoms with Gasteiger partial charge in [0.25, 0.3) is 0 Å². The fraction of sp³-hybridized carbons (Fsp3) is 0.682. The third-order valence-electron chi connectivity index (χ3n) is 5.00. The predicted octanol–water partition coefficient (Wildman–Crippen LogP) is 5.57. The van der Waals surface area contributed by atoms with Crippen molar-refractivity contribution in [1.29, 1.82) is 0 Å². The molecule has 0 unspecified atom stereocenters. The molecule has 1 aliphatic heterocycles. The maximum absolute atomic E-state index is 12.9. The molecule has 0 bridgehead atoms. The second kappa shape index (κ2) is 9.16. The molecular weight excluding hydrogens is 340 g/mol. The van der Waals surface area contributed by atoms with Crippen LogP contribution in [-0.2, 0) is 4.79 Å². The van der Waals surface area contributed by atoms with E-state index in [4.69, 9.17) is 0 Å². The quantitative estimate of drug-likeness (QED) is 0.621. The highest BCUT2D eigenvalue weighted by molar-refractivity contribution is 7.99. The Labute approximate surface area is 164 Å². The summed E-state index contributed by atoms with van der Waals surface area (Å²) in [5.41, 5.74) is 2.79. The molecule has 0 aliphatic carbocycles. The summed E-state index contributed by atoms with van der Waals surface area (Å²) in [6.45, 7) is 16.2. The van der Waals surface area contributed by atoms with E-state index in [1.54, 1.807) is 0 Å². The summed E-state index contributed by atoms with van der Waals surface area (Å²) in [5, 5.41) is 0.176. The number of nitrogens with zero attached hydrogens (tertiary/aromatic N) is 2. The van der Waals surface area contributed by atoms with Gasteiger partial charge in [-0.05, 0) is 49.3 Å². The SMILES string of the molecule is CCN(CC)c1ccc([C@@H]2SCCN2C(=O)C[C@@H](C)CC(C)(C)C)cc1. The van der Waals surface area contributed by atoms with Crippen LogP contribution >= 0.6 is 11.8 Å². The molecule has 0 radical (unpaired) electrons. The third kappa shape index (κ3) is 5.67. The van der Waals surface area contributed by atoms with Gasteiger partial charge in [-0.1, -0.05) is 39.8 Å². The van der Waals surface area contributed by atoms with E-state index in [2.05, 4.69) is 75.6 Å². The number of amides is 1. The van der Waals surface area contributed by atoms with Crippen molar-refractivity contribution in [1.82, 2.24) is 4.90 Å². The van der Waals surface area contributed by atoms with E-state index >= 15 is 0 Å². The summed E-state index contributed by atoms with van der Waals surface area (Å²) in [5.74, 6) is 1.77. The van der Waals surface area contributed by atoms with E-state index in [0.717, 1.165) is 31.8 Å². The van der Waals surface area contributed by atoms with E-state index in [0.29, 0.717) is 18.2 Å². The maximum Gasteiger partial charge on any atom is 0.224 e. The van der Waals surface area contributed by atoms with Crippen LogP contribution < -0.4 is 4.90 Å². The fourth-order valence-electron chi connectivity index (χ4n) is 3.97. The van der Waals surface area contributed by atoms with Crippen LogP contribution in [-0.4, -0.2) is 36.2 Å². The van der Waals surface area contributed by atoms with Gasteiger partial charge in [0.2, 0.25) is 5.91 Å². The van der Waals surface area contributed by atoms with Gasteiger partial charge in [0.15, 0.2) is 0 Å². The predicted molar refractivity (Wildman–Crippen MR) is 115 cm³/mol. The fourth-order valence-corrected chi connectivity index (χ4v) is 5.25. The van der Waals surface area contributed by atoms with Crippen LogP contribution in [0.3, 0.4) is 0 Å². The number of carbonyl (C=O) groups excluding carboxylic acids is 1. The van der Waals surface area contributed by atoms with Crippen molar-refractivity contribution in [2.24, 2.45) is 11.3 Å². The highest BCUT2D eigenvalue weighted by Crippen LogP contribution is 2.39. The van der Waals surface area contributed by atoms with E-state index in [9.17, 15) is 4.79 Å². The topological polar surface area (TPSA) is 23.6 Å². The number of thioether (sulfide) groups is 1. The van der Waals surface area contributed by atoms with Crippen molar-refractivity contribution in [3.8, 4) is 0 Å². The lowest BCUT2D eigenvalue weighted by molar-refractivity contribution is -0.132. The Bertz CT molecular complexity index is 575. The largest absolute Gasteiger partial charge is 0.372 e. The van der Waals surface area contributed by atoms with Gasteiger partial charge in [0, 0.05) is 37.5 Å². The molecule has 2 rings (SSSR count). The number of rotatable bonds is 7. The number of hydrogen-bond donors (Lipinski definition) is 0. The molecule has 0 aromatic heterocycles. The van der Waals surface area contributed by atoms with Crippen LogP contribution in [0.5, 0.6) is 0 Å². The molecule has 1 aromatic rings. The number of hydrogen-bond acceptors (Lipinski definition) is 3. The first kappa shape index (κ1) is 21.1. The Morgan fingerprint density at radius 3 is 2.38 bits per heavy atom. The number of carbonyl (C=O) groups is 1. The third-order valence-corrected chi connectivity index (χ3v) is 6.26. The highest BCUT2D eigenvalue weighted by Gasteiger charge is 2.31. The monoisotopic (exact) mass is 376 g/mol. The van der Waals surface area contributed by atoms with Crippen molar-refractivity contribution in [3.63, 3.8) is 0 Å². The van der Waals surface area contributed by atoms with Crippen molar-refractivity contribution >= 4 is 23.4 Å². The molecule has 0 saturated carbocycles. The summed E-state index contributed by atoms with van der Waals surface area (Å²) >= 11 is 1.89. The van der Waals surface area contributed by atoms with Crippen molar-refractivity contribution in [2.45, 2.75) is 59.8 Å². The Morgan fingerprint density at radius 1 is 1.23 bits per heavy atom. The van der Waals surface area contributed by atoms with Gasteiger partial charge in [-0.2, -0.15) is 0 Å². The lowest BCUT2D eigenvalue weighted by atomic mass is 9.84. The van der Waals surface area contributed by atoms with Crippen LogP contribution in [0.25, 0.3) is 0 Å². The standard InChI is InChI=1S/C22H36N2OS/c1-7-23(8-2)19-11-9-18(10-12-19)21-24(13-14-26-21)20(25)15-17(3)16-22(4,5)6/h9-12,17,21H,7-8,13-16H2,1-6H3/t17-,21+/m1/s1. The van der Waals surface area contributed by atoms with Gasteiger partial charge in [-0.25, -0.2) is 0 Å².